The van der Waals surface area contributed by atoms with Crippen molar-refractivity contribution in [2.45, 2.75) is 25.6 Å². The predicted molar refractivity (Wildman–Crippen MR) is 102 cm³/mol. The molecule has 1 saturated carbocycles. The molecular weight excluding hydrogens is 400 g/mol. The second-order valence-corrected chi connectivity index (χ2v) is 7.70. The predicted octanol–water partition coefficient (Wildman–Crippen LogP) is 3.54. The lowest BCUT2D eigenvalue weighted by Crippen LogP contribution is -2.31. The summed E-state index contributed by atoms with van der Waals surface area (Å²) in [5, 5.41) is 0.682. The summed E-state index contributed by atoms with van der Waals surface area (Å²) in [6, 6.07) is 7.36. The molecule has 2 heterocycles. The number of fused-ring (bicyclic) bond motifs is 1. The molecule has 2 aromatic rings. The second-order valence-electron chi connectivity index (χ2n) is 7.26. The van der Waals surface area contributed by atoms with Crippen LogP contribution in [0.5, 0.6) is 5.75 Å². The van der Waals surface area contributed by atoms with Crippen LogP contribution < -0.4 is 4.74 Å². The van der Waals surface area contributed by atoms with Gasteiger partial charge in [-0.15, -0.1) is 0 Å². The summed E-state index contributed by atoms with van der Waals surface area (Å²) >= 11 is 5.90. The highest BCUT2D eigenvalue weighted by atomic mass is 35.5. The number of nitrogens with zero attached hydrogens (tertiary/aromatic N) is 2. The van der Waals surface area contributed by atoms with E-state index in [9.17, 15) is 9.59 Å². The standard InChI is InChI=1S/C20H21ClN2O6/c1-26-19(24)17-10-27-18(22-17)11-28-20(25)23-8-12-6-16(7-13(12)9-23)29-15-4-2-14(21)3-5-15/h2-5,10,12-13,16H,6-9,11H2,1H3/t12-,13+,16?. The van der Waals surface area contributed by atoms with Crippen molar-refractivity contribution >= 4 is 23.7 Å². The summed E-state index contributed by atoms with van der Waals surface area (Å²) in [7, 11) is 1.26. The van der Waals surface area contributed by atoms with Crippen LogP contribution in [0.15, 0.2) is 34.9 Å². The highest BCUT2D eigenvalue weighted by molar-refractivity contribution is 6.30. The fraction of sp³-hybridized carbons (Fsp3) is 0.450. The van der Waals surface area contributed by atoms with Gasteiger partial charge in [0.25, 0.3) is 0 Å². The summed E-state index contributed by atoms with van der Waals surface area (Å²) in [6.07, 6.45) is 2.72. The van der Waals surface area contributed by atoms with Gasteiger partial charge in [-0.05, 0) is 48.9 Å². The van der Waals surface area contributed by atoms with Gasteiger partial charge in [-0.1, -0.05) is 11.6 Å². The number of oxazole rings is 1. The van der Waals surface area contributed by atoms with E-state index in [1.165, 1.54) is 13.4 Å². The van der Waals surface area contributed by atoms with Crippen molar-refractivity contribution < 1.29 is 28.2 Å². The van der Waals surface area contributed by atoms with Gasteiger partial charge in [0, 0.05) is 18.1 Å². The van der Waals surface area contributed by atoms with Crippen LogP contribution in [0.1, 0.15) is 29.2 Å². The van der Waals surface area contributed by atoms with Crippen LogP contribution in [0.2, 0.25) is 5.02 Å². The molecule has 1 aliphatic heterocycles. The summed E-state index contributed by atoms with van der Waals surface area (Å²) in [4.78, 5) is 29.4. The lowest BCUT2D eigenvalue weighted by Gasteiger charge is -2.19. The average Bonchev–Trinajstić information content (AvgIpc) is 3.42. The van der Waals surface area contributed by atoms with Crippen LogP contribution in [0.4, 0.5) is 4.79 Å². The number of amides is 1. The molecule has 0 spiro atoms. The SMILES string of the molecule is COC(=O)c1coc(COC(=O)N2C[C@H]3CC(Oc4ccc(Cl)cc4)C[C@H]3C2)n1. The molecule has 29 heavy (non-hydrogen) atoms. The van der Waals surface area contributed by atoms with Crippen molar-refractivity contribution in [3.63, 3.8) is 0 Å². The molecule has 0 bridgehead atoms. The van der Waals surface area contributed by atoms with E-state index in [0.717, 1.165) is 18.6 Å². The van der Waals surface area contributed by atoms with Crippen LogP contribution in [0.25, 0.3) is 0 Å². The largest absolute Gasteiger partial charge is 0.490 e. The Hall–Kier alpha value is -2.74. The van der Waals surface area contributed by atoms with Gasteiger partial charge in [-0.2, -0.15) is 0 Å². The first-order chi connectivity index (χ1) is 14.0. The number of esters is 1. The van der Waals surface area contributed by atoms with Crippen LogP contribution in [0, 0.1) is 11.8 Å². The molecule has 0 radical (unpaired) electrons. The minimum absolute atomic E-state index is 0.0426. The van der Waals surface area contributed by atoms with E-state index in [4.69, 9.17) is 25.5 Å². The van der Waals surface area contributed by atoms with Gasteiger partial charge in [0.2, 0.25) is 5.89 Å². The highest BCUT2D eigenvalue weighted by Gasteiger charge is 2.43. The first-order valence-electron chi connectivity index (χ1n) is 9.38. The fourth-order valence-corrected chi connectivity index (χ4v) is 4.11. The zero-order chi connectivity index (χ0) is 20.4. The molecule has 0 N–H and O–H groups in total. The fourth-order valence-electron chi connectivity index (χ4n) is 3.99. The van der Waals surface area contributed by atoms with Crippen LogP contribution in [-0.4, -0.2) is 48.2 Å². The molecule has 4 rings (SSSR count). The topological polar surface area (TPSA) is 91.1 Å². The molecule has 1 aromatic heterocycles. The van der Waals surface area contributed by atoms with E-state index in [-0.39, 0.29) is 24.3 Å². The van der Waals surface area contributed by atoms with E-state index in [1.54, 1.807) is 4.90 Å². The first kappa shape index (κ1) is 19.6. The minimum Gasteiger partial charge on any atom is -0.490 e. The molecule has 8 nitrogen and oxygen atoms in total. The van der Waals surface area contributed by atoms with Gasteiger partial charge in [0.05, 0.1) is 13.2 Å². The van der Waals surface area contributed by atoms with Crippen LogP contribution in [-0.2, 0) is 16.1 Å². The Bertz CT molecular complexity index is 869. The minimum atomic E-state index is -0.603. The van der Waals surface area contributed by atoms with Crippen molar-refractivity contribution in [2.24, 2.45) is 11.8 Å². The Morgan fingerprint density at radius 3 is 2.55 bits per heavy atom. The third-order valence-electron chi connectivity index (χ3n) is 5.35. The van der Waals surface area contributed by atoms with Crippen molar-refractivity contribution in [3.8, 4) is 5.75 Å². The number of carbonyl (C=O) groups is 2. The van der Waals surface area contributed by atoms with Crippen molar-refractivity contribution in [3.05, 3.63) is 47.1 Å². The van der Waals surface area contributed by atoms with E-state index >= 15 is 0 Å². The molecule has 154 valence electrons. The van der Waals surface area contributed by atoms with Gasteiger partial charge in [-0.25, -0.2) is 14.6 Å². The zero-order valence-electron chi connectivity index (χ0n) is 15.9. The number of hydrogen-bond acceptors (Lipinski definition) is 7. The Morgan fingerprint density at radius 1 is 1.21 bits per heavy atom. The van der Waals surface area contributed by atoms with E-state index in [0.29, 0.717) is 29.9 Å². The summed E-state index contributed by atoms with van der Waals surface area (Å²) in [5.74, 6) is 1.15. The molecule has 3 atom stereocenters. The molecule has 2 aliphatic rings. The van der Waals surface area contributed by atoms with Crippen LogP contribution in [0.3, 0.4) is 0 Å². The molecule has 1 saturated heterocycles. The third-order valence-corrected chi connectivity index (χ3v) is 5.60. The molecule has 1 unspecified atom stereocenters. The number of hydrogen-bond donors (Lipinski definition) is 0. The van der Waals surface area contributed by atoms with Gasteiger partial charge in [0.1, 0.15) is 12.0 Å². The molecular formula is C20H21ClN2O6. The van der Waals surface area contributed by atoms with E-state index < -0.39 is 12.1 Å². The second kappa shape index (κ2) is 8.32. The van der Waals surface area contributed by atoms with Gasteiger partial charge in [0.15, 0.2) is 12.3 Å². The molecule has 1 aliphatic carbocycles. The van der Waals surface area contributed by atoms with Crippen molar-refractivity contribution in [2.75, 3.05) is 20.2 Å². The number of benzene rings is 1. The Kier molecular flexibility index (Phi) is 5.62. The number of ether oxygens (including phenoxy) is 3. The normalized spacial score (nSPS) is 23.0. The summed E-state index contributed by atoms with van der Waals surface area (Å²) in [6.45, 7) is 1.15. The molecule has 9 heteroatoms. The zero-order valence-corrected chi connectivity index (χ0v) is 16.6. The van der Waals surface area contributed by atoms with Crippen molar-refractivity contribution in [1.29, 1.82) is 0 Å². The smallest absolute Gasteiger partial charge is 0.410 e. The van der Waals surface area contributed by atoms with E-state index in [1.807, 2.05) is 24.3 Å². The monoisotopic (exact) mass is 420 g/mol. The summed E-state index contributed by atoms with van der Waals surface area (Å²) < 4.78 is 21.0. The van der Waals surface area contributed by atoms with E-state index in [2.05, 4.69) is 9.72 Å². The number of halogens is 1. The Labute approximate surface area is 172 Å². The number of rotatable bonds is 5. The molecule has 1 aromatic carbocycles. The Balaban J connectivity index is 1.23. The Morgan fingerprint density at radius 2 is 1.90 bits per heavy atom. The lowest BCUT2D eigenvalue weighted by atomic mass is 10.0. The number of methoxy groups -OCH3 is 1. The van der Waals surface area contributed by atoms with Gasteiger partial charge in [-0.3, -0.25) is 0 Å². The van der Waals surface area contributed by atoms with Gasteiger partial charge < -0.3 is 23.5 Å². The maximum Gasteiger partial charge on any atom is 0.410 e. The van der Waals surface area contributed by atoms with Crippen LogP contribution >= 0.6 is 11.6 Å². The lowest BCUT2D eigenvalue weighted by molar-refractivity contribution is 0.0594. The summed E-state index contributed by atoms with van der Waals surface area (Å²) in [5.41, 5.74) is 0.0426. The number of aromatic nitrogens is 1. The molecule has 1 amide bonds. The third kappa shape index (κ3) is 4.48. The number of carbonyl (C=O) groups excluding carboxylic acids is 2. The average molecular weight is 421 g/mol. The highest BCUT2D eigenvalue weighted by Crippen LogP contribution is 2.40. The van der Waals surface area contributed by atoms with Gasteiger partial charge >= 0.3 is 12.1 Å². The van der Waals surface area contributed by atoms with Crippen molar-refractivity contribution in [1.82, 2.24) is 9.88 Å². The maximum absolute atomic E-state index is 12.3. The maximum atomic E-state index is 12.3. The first-order valence-corrected chi connectivity index (χ1v) is 9.76. The molecule has 2 fully saturated rings. The quantitative estimate of drug-likeness (QED) is 0.683. The number of likely N-dealkylation sites (tertiary alicyclic amines) is 1.